The highest BCUT2D eigenvalue weighted by Crippen LogP contribution is 2.21. The summed E-state index contributed by atoms with van der Waals surface area (Å²) in [4.78, 5) is 24.8. The van der Waals surface area contributed by atoms with Gasteiger partial charge in [-0.25, -0.2) is 4.79 Å². The molecule has 1 aromatic carbocycles. The van der Waals surface area contributed by atoms with Crippen LogP contribution in [0.5, 0.6) is 0 Å². The van der Waals surface area contributed by atoms with Crippen LogP contribution in [0.4, 0.5) is 5.69 Å². The van der Waals surface area contributed by atoms with Crippen LogP contribution in [0.3, 0.4) is 0 Å². The van der Waals surface area contributed by atoms with E-state index in [9.17, 15) is 9.59 Å². The molecule has 0 fully saturated rings. The zero-order chi connectivity index (χ0) is 16.3. The van der Waals surface area contributed by atoms with Gasteiger partial charge in [0.2, 0.25) is 0 Å². The normalized spacial score (nSPS) is 11.8. The molecule has 0 saturated carbocycles. The van der Waals surface area contributed by atoms with Crippen LogP contribution in [0.15, 0.2) is 29.6 Å². The fourth-order valence-corrected chi connectivity index (χ4v) is 2.89. The molecule has 0 bridgehead atoms. The number of hydrogen-bond acceptors (Lipinski definition) is 4. The number of thiophene rings is 1. The van der Waals surface area contributed by atoms with E-state index in [1.54, 1.807) is 6.92 Å². The maximum absolute atomic E-state index is 12.2. The van der Waals surface area contributed by atoms with Gasteiger partial charge in [0.25, 0.3) is 5.91 Å². The van der Waals surface area contributed by atoms with Crippen molar-refractivity contribution < 1.29 is 14.3 Å². The second-order valence-corrected chi connectivity index (χ2v) is 6.15. The molecule has 22 heavy (non-hydrogen) atoms. The van der Waals surface area contributed by atoms with Crippen molar-refractivity contribution >= 4 is 28.9 Å². The summed E-state index contributed by atoms with van der Waals surface area (Å²) in [5.74, 6) is -0.795. The molecule has 1 N–H and O–H groups in total. The van der Waals surface area contributed by atoms with Crippen LogP contribution in [0, 0.1) is 20.8 Å². The molecule has 2 rings (SSSR count). The lowest BCUT2D eigenvalue weighted by molar-refractivity contribution is -0.123. The molecule has 1 amide bonds. The maximum Gasteiger partial charge on any atom is 0.349 e. The zero-order valence-electron chi connectivity index (χ0n) is 13.1. The van der Waals surface area contributed by atoms with E-state index in [0.29, 0.717) is 4.88 Å². The Morgan fingerprint density at radius 1 is 1.09 bits per heavy atom. The van der Waals surface area contributed by atoms with Crippen LogP contribution in [0.25, 0.3) is 0 Å². The van der Waals surface area contributed by atoms with Crippen LogP contribution >= 0.6 is 11.3 Å². The van der Waals surface area contributed by atoms with Crippen molar-refractivity contribution in [2.45, 2.75) is 33.8 Å². The summed E-state index contributed by atoms with van der Waals surface area (Å²) in [5.41, 5.74) is 3.57. The summed E-state index contributed by atoms with van der Waals surface area (Å²) < 4.78 is 5.25. The number of amides is 1. The van der Waals surface area contributed by atoms with Gasteiger partial charge in [0.05, 0.1) is 0 Å². The van der Waals surface area contributed by atoms with Gasteiger partial charge in [0.15, 0.2) is 6.10 Å². The number of para-hydroxylation sites is 1. The van der Waals surface area contributed by atoms with Gasteiger partial charge in [-0.1, -0.05) is 18.2 Å². The molecule has 1 heterocycles. The molecule has 1 aromatic heterocycles. The highest BCUT2D eigenvalue weighted by Gasteiger charge is 2.21. The average molecular weight is 317 g/mol. The maximum atomic E-state index is 12.2. The number of esters is 1. The molecule has 0 aliphatic heterocycles. The van der Waals surface area contributed by atoms with Crippen molar-refractivity contribution in [1.82, 2.24) is 0 Å². The van der Waals surface area contributed by atoms with E-state index in [-0.39, 0.29) is 5.91 Å². The monoisotopic (exact) mass is 317 g/mol. The minimum absolute atomic E-state index is 0.333. The predicted molar refractivity (Wildman–Crippen MR) is 88.5 cm³/mol. The molecule has 4 nitrogen and oxygen atoms in total. The summed E-state index contributed by atoms with van der Waals surface area (Å²) in [6.07, 6.45) is -0.854. The fourth-order valence-electron chi connectivity index (χ4n) is 2.09. The first-order chi connectivity index (χ1) is 10.4. The van der Waals surface area contributed by atoms with Crippen LogP contribution in [-0.2, 0) is 9.53 Å². The predicted octanol–water partition coefficient (Wildman–Crippen LogP) is 3.86. The van der Waals surface area contributed by atoms with E-state index in [2.05, 4.69) is 5.32 Å². The number of benzene rings is 1. The SMILES string of the molecule is Cc1ccsc1C(=O)OC(C)C(=O)Nc1c(C)cccc1C. The quantitative estimate of drug-likeness (QED) is 0.871. The molecule has 0 saturated heterocycles. The molecule has 5 heteroatoms. The van der Waals surface area contributed by atoms with Crippen LogP contribution < -0.4 is 5.32 Å². The Kier molecular flexibility index (Phi) is 4.98. The Labute approximate surface area is 134 Å². The summed E-state index contributed by atoms with van der Waals surface area (Å²) >= 11 is 1.31. The second-order valence-electron chi connectivity index (χ2n) is 5.24. The lowest BCUT2D eigenvalue weighted by atomic mass is 10.1. The Morgan fingerprint density at radius 2 is 1.73 bits per heavy atom. The Hall–Kier alpha value is -2.14. The molecule has 1 atom stereocenters. The van der Waals surface area contributed by atoms with Gasteiger partial charge in [-0.3, -0.25) is 4.79 Å². The van der Waals surface area contributed by atoms with E-state index in [0.717, 1.165) is 22.4 Å². The van der Waals surface area contributed by atoms with Gasteiger partial charge in [-0.2, -0.15) is 0 Å². The van der Waals surface area contributed by atoms with E-state index in [4.69, 9.17) is 4.74 Å². The first kappa shape index (κ1) is 16.2. The lowest BCUT2D eigenvalue weighted by Gasteiger charge is -2.16. The highest BCUT2D eigenvalue weighted by molar-refractivity contribution is 7.12. The third-order valence-electron chi connectivity index (χ3n) is 3.43. The molecular weight excluding hydrogens is 298 g/mol. The van der Waals surface area contributed by atoms with Gasteiger partial charge < -0.3 is 10.1 Å². The fraction of sp³-hybridized carbons (Fsp3) is 0.294. The molecule has 0 radical (unpaired) electrons. The van der Waals surface area contributed by atoms with E-state index < -0.39 is 12.1 Å². The van der Waals surface area contributed by atoms with Gasteiger partial charge in [-0.05, 0) is 55.8 Å². The largest absolute Gasteiger partial charge is 0.448 e. The smallest absolute Gasteiger partial charge is 0.349 e. The molecular formula is C17H19NO3S. The zero-order valence-corrected chi connectivity index (χ0v) is 13.9. The summed E-state index contributed by atoms with van der Waals surface area (Å²) in [6, 6.07) is 7.63. The van der Waals surface area contributed by atoms with Crippen molar-refractivity contribution in [3.8, 4) is 0 Å². The lowest BCUT2D eigenvalue weighted by Crippen LogP contribution is -2.30. The Morgan fingerprint density at radius 3 is 2.27 bits per heavy atom. The number of carbonyl (C=O) groups excluding carboxylic acids is 2. The average Bonchev–Trinajstić information content (AvgIpc) is 2.89. The standard InChI is InChI=1S/C17H19NO3S/c1-10-6-5-7-11(2)14(10)18-16(19)13(4)21-17(20)15-12(3)8-9-22-15/h5-9,13H,1-4H3,(H,18,19). The first-order valence-corrected chi connectivity index (χ1v) is 7.90. The Bertz CT molecular complexity index is 685. The van der Waals surface area contributed by atoms with Crippen molar-refractivity contribution in [3.63, 3.8) is 0 Å². The van der Waals surface area contributed by atoms with Crippen molar-refractivity contribution in [1.29, 1.82) is 0 Å². The number of nitrogens with one attached hydrogen (secondary N) is 1. The van der Waals surface area contributed by atoms with E-state index in [1.165, 1.54) is 11.3 Å². The molecule has 2 aromatic rings. The van der Waals surface area contributed by atoms with Crippen LogP contribution in [0.2, 0.25) is 0 Å². The minimum atomic E-state index is -0.854. The van der Waals surface area contributed by atoms with Gasteiger partial charge in [0.1, 0.15) is 4.88 Å². The van der Waals surface area contributed by atoms with Crippen molar-refractivity contribution in [2.24, 2.45) is 0 Å². The van der Waals surface area contributed by atoms with Crippen LogP contribution in [-0.4, -0.2) is 18.0 Å². The molecule has 0 aliphatic rings. The number of hydrogen-bond donors (Lipinski definition) is 1. The first-order valence-electron chi connectivity index (χ1n) is 7.02. The van der Waals surface area contributed by atoms with Crippen molar-refractivity contribution in [3.05, 3.63) is 51.2 Å². The number of rotatable bonds is 4. The van der Waals surface area contributed by atoms with E-state index in [1.807, 2.05) is 50.4 Å². The van der Waals surface area contributed by atoms with Gasteiger partial charge in [0, 0.05) is 5.69 Å². The minimum Gasteiger partial charge on any atom is -0.448 e. The molecule has 0 spiro atoms. The third kappa shape index (κ3) is 3.54. The number of aryl methyl sites for hydroxylation is 3. The number of carbonyl (C=O) groups is 2. The third-order valence-corrected chi connectivity index (χ3v) is 4.43. The Balaban J connectivity index is 2.04. The summed E-state index contributed by atoms with van der Waals surface area (Å²) in [5, 5.41) is 4.66. The van der Waals surface area contributed by atoms with Crippen LogP contribution in [0.1, 0.15) is 33.3 Å². The topological polar surface area (TPSA) is 55.4 Å². The molecule has 0 aliphatic carbocycles. The number of ether oxygens (including phenoxy) is 1. The summed E-state index contributed by atoms with van der Waals surface area (Å²) in [7, 11) is 0. The van der Waals surface area contributed by atoms with Gasteiger partial charge in [-0.15, -0.1) is 11.3 Å². The second kappa shape index (κ2) is 6.75. The highest BCUT2D eigenvalue weighted by atomic mass is 32.1. The molecule has 116 valence electrons. The summed E-state index contributed by atoms with van der Waals surface area (Å²) in [6.45, 7) is 7.26. The number of anilines is 1. The van der Waals surface area contributed by atoms with Crippen molar-refractivity contribution in [2.75, 3.05) is 5.32 Å². The van der Waals surface area contributed by atoms with Gasteiger partial charge >= 0.3 is 5.97 Å². The molecule has 1 unspecified atom stereocenters. The van der Waals surface area contributed by atoms with E-state index >= 15 is 0 Å².